The summed E-state index contributed by atoms with van der Waals surface area (Å²) in [5, 5.41) is 11.1. The molecule has 2 N–H and O–H groups in total. The van der Waals surface area contributed by atoms with Gasteiger partial charge >= 0.3 is 0 Å². The van der Waals surface area contributed by atoms with Crippen molar-refractivity contribution in [3.8, 4) is 5.75 Å². The number of benzene rings is 1. The molecule has 5 nitrogen and oxygen atoms in total. The molecule has 0 saturated heterocycles. The molecule has 1 unspecified atom stereocenters. The van der Waals surface area contributed by atoms with E-state index in [0.717, 1.165) is 23.8 Å². The lowest BCUT2D eigenvalue weighted by molar-refractivity contribution is 0.145. The average Bonchev–Trinajstić information content (AvgIpc) is 3.18. The number of thiophene rings is 1. The zero-order valence-corrected chi connectivity index (χ0v) is 16.9. The first-order valence-electron chi connectivity index (χ1n) is 8.82. The summed E-state index contributed by atoms with van der Waals surface area (Å²) < 4.78 is 10.9. The number of guanidine groups is 1. The van der Waals surface area contributed by atoms with E-state index in [2.05, 4.69) is 64.5 Å². The number of methoxy groups -OCH3 is 1. The number of aryl methyl sites for hydroxylation is 1. The maximum absolute atomic E-state index is 5.85. The third-order valence-corrected chi connectivity index (χ3v) is 4.83. The van der Waals surface area contributed by atoms with Crippen molar-refractivity contribution in [2.24, 2.45) is 4.99 Å². The largest absolute Gasteiger partial charge is 0.491 e. The molecular formula is C20H29N3O2S. The highest BCUT2D eigenvalue weighted by atomic mass is 32.1. The Labute approximate surface area is 160 Å². The lowest BCUT2D eigenvalue weighted by Gasteiger charge is -2.17. The molecule has 0 fully saturated rings. The van der Waals surface area contributed by atoms with E-state index in [9.17, 15) is 0 Å². The van der Waals surface area contributed by atoms with E-state index in [0.29, 0.717) is 25.7 Å². The Hall–Kier alpha value is -2.05. The minimum atomic E-state index is 0.437. The number of hydrogen-bond donors (Lipinski definition) is 2. The Bertz CT molecular complexity index is 686. The number of rotatable bonds is 9. The SMILES string of the molecule is CN=C(NCc1ccc(C)cc1OCCOC)NCC(C)c1ccsc1. The van der Waals surface area contributed by atoms with E-state index in [4.69, 9.17) is 9.47 Å². The second-order valence-corrected chi connectivity index (χ2v) is 7.00. The van der Waals surface area contributed by atoms with Crippen LogP contribution in [-0.4, -0.2) is 39.9 Å². The molecule has 0 spiro atoms. The minimum Gasteiger partial charge on any atom is -0.491 e. The zero-order chi connectivity index (χ0) is 18.8. The van der Waals surface area contributed by atoms with Gasteiger partial charge in [-0.15, -0.1) is 0 Å². The van der Waals surface area contributed by atoms with Crippen LogP contribution in [0.2, 0.25) is 0 Å². The van der Waals surface area contributed by atoms with Crippen LogP contribution in [0.25, 0.3) is 0 Å². The van der Waals surface area contributed by atoms with Gasteiger partial charge in [-0.05, 0) is 46.9 Å². The molecule has 0 aliphatic heterocycles. The minimum absolute atomic E-state index is 0.437. The van der Waals surface area contributed by atoms with Crippen molar-refractivity contribution >= 4 is 17.3 Å². The highest BCUT2D eigenvalue weighted by Gasteiger charge is 2.09. The average molecular weight is 376 g/mol. The Balaban J connectivity index is 1.89. The van der Waals surface area contributed by atoms with Gasteiger partial charge in [-0.3, -0.25) is 4.99 Å². The summed E-state index contributed by atoms with van der Waals surface area (Å²) >= 11 is 1.73. The fourth-order valence-corrected chi connectivity index (χ4v) is 3.28. The third kappa shape index (κ3) is 6.35. The molecular weight excluding hydrogens is 346 g/mol. The van der Waals surface area contributed by atoms with Gasteiger partial charge in [0.1, 0.15) is 12.4 Å². The molecule has 1 heterocycles. The standard InChI is InChI=1S/C20H29N3O2S/c1-15-5-6-17(19(11-15)25-9-8-24-4)13-23-20(21-3)22-12-16(2)18-7-10-26-14-18/h5-7,10-11,14,16H,8-9,12-13H2,1-4H3,(H2,21,22,23). The Morgan fingerprint density at radius 1 is 1.23 bits per heavy atom. The van der Waals surface area contributed by atoms with Gasteiger partial charge in [-0.1, -0.05) is 19.1 Å². The number of aliphatic imine (C=N–C) groups is 1. The van der Waals surface area contributed by atoms with Crippen LogP contribution in [-0.2, 0) is 11.3 Å². The summed E-state index contributed by atoms with van der Waals surface area (Å²) in [5.74, 6) is 2.11. The van der Waals surface area contributed by atoms with E-state index in [1.807, 2.05) is 0 Å². The fourth-order valence-electron chi connectivity index (χ4n) is 2.50. The summed E-state index contributed by atoms with van der Waals surface area (Å²) in [6.07, 6.45) is 0. The second kappa shape index (κ2) is 10.8. The maximum atomic E-state index is 5.85. The summed E-state index contributed by atoms with van der Waals surface area (Å²) in [6, 6.07) is 8.41. The zero-order valence-electron chi connectivity index (χ0n) is 16.0. The molecule has 2 aromatic rings. The molecule has 1 aromatic heterocycles. The first-order valence-corrected chi connectivity index (χ1v) is 9.76. The predicted octanol–water partition coefficient (Wildman–Crippen LogP) is 3.55. The molecule has 1 aromatic carbocycles. The van der Waals surface area contributed by atoms with Crippen molar-refractivity contribution in [1.29, 1.82) is 0 Å². The number of ether oxygens (including phenoxy) is 2. The molecule has 0 bridgehead atoms. The number of nitrogens with one attached hydrogen (secondary N) is 2. The Kier molecular flexibility index (Phi) is 8.44. The molecule has 26 heavy (non-hydrogen) atoms. The van der Waals surface area contributed by atoms with Crippen LogP contribution >= 0.6 is 11.3 Å². The van der Waals surface area contributed by atoms with Crippen LogP contribution in [0, 0.1) is 6.92 Å². The summed E-state index contributed by atoms with van der Waals surface area (Å²) in [6.45, 7) is 6.87. The smallest absolute Gasteiger partial charge is 0.191 e. The van der Waals surface area contributed by atoms with Crippen LogP contribution in [0.1, 0.15) is 29.5 Å². The van der Waals surface area contributed by atoms with Gasteiger partial charge in [0.05, 0.1) is 6.61 Å². The van der Waals surface area contributed by atoms with Gasteiger partial charge in [0, 0.05) is 32.8 Å². The highest BCUT2D eigenvalue weighted by Crippen LogP contribution is 2.20. The van der Waals surface area contributed by atoms with Crippen LogP contribution in [0.4, 0.5) is 0 Å². The van der Waals surface area contributed by atoms with Gasteiger partial charge in [0.15, 0.2) is 5.96 Å². The fraction of sp³-hybridized carbons (Fsp3) is 0.450. The van der Waals surface area contributed by atoms with E-state index < -0.39 is 0 Å². The molecule has 0 amide bonds. The molecule has 2 rings (SSSR count). The van der Waals surface area contributed by atoms with Crippen LogP contribution in [0.3, 0.4) is 0 Å². The van der Waals surface area contributed by atoms with Gasteiger partial charge < -0.3 is 20.1 Å². The van der Waals surface area contributed by atoms with Gasteiger partial charge in [0.25, 0.3) is 0 Å². The van der Waals surface area contributed by atoms with E-state index in [-0.39, 0.29) is 0 Å². The second-order valence-electron chi connectivity index (χ2n) is 6.22. The topological polar surface area (TPSA) is 54.9 Å². The first-order chi connectivity index (χ1) is 12.6. The normalized spacial score (nSPS) is 12.7. The van der Waals surface area contributed by atoms with Crippen molar-refractivity contribution in [2.75, 3.05) is 33.9 Å². The molecule has 1 atom stereocenters. The van der Waals surface area contributed by atoms with Crippen molar-refractivity contribution in [2.45, 2.75) is 26.3 Å². The Morgan fingerprint density at radius 3 is 2.77 bits per heavy atom. The lowest BCUT2D eigenvalue weighted by atomic mass is 10.1. The predicted molar refractivity (Wildman–Crippen MR) is 109 cm³/mol. The quantitative estimate of drug-likeness (QED) is 0.400. The van der Waals surface area contributed by atoms with Crippen molar-refractivity contribution in [3.05, 3.63) is 51.7 Å². The van der Waals surface area contributed by atoms with Crippen molar-refractivity contribution in [3.63, 3.8) is 0 Å². The summed E-state index contributed by atoms with van der Waals surface area (Å²) in [4.78, 5) is 4.32. The lowest BCUT2D eigenvalue weighted by Crippen LogP contribution is -2.38. The summed E-state index contributed by atoms with van der Waals surface area (Å²) in [5.41, 5.74) is 3.62. The Morgan fingerprint density at radius 2 is 2.08 bits per heavy atom. The molecule has 6 heteroatoms. The molecule has 0 radical (unpaired) electrons. The van der Waals surface area contributed by atoms with Crippen LogP contribution in [0.5, 0.6) is 5.75 Å². The van der Waals surface area contributed by atoms with E-state index in [1.54, 1.807) is 25.5 Å². The van der Waals surface area contributed by atoms with E-state index in [1.165, 1.54) is 11.1 Å². The number of hydrogen-bond acceptors (Lipinski definition) is 4. The van der Waals surface area contributed by atoms with Crippen molar-refractivity contribution in [1.82, 2.24) is 10.6 Å². The monoisotopic (exact) mass is 375 g/mol. The number of nitrogens with zero attached hydrogens (tertiary/aromatic N) is 1. The molecule has 142 valence electrons. The molecule has 0 aliphatic carbocycles. The van der Waals surface area contributed by atoms with Gasteiger partial charge in [-0.25, -0.2) is 0 Å². The van der Waals surface area contributed by atoms with Crippen molar-refractivity contribution < 1.29 is 9.47 Å². The molecule has 0 saturated carbocycles. The van der Waals surface area contributed by atoms with Crippen LogP contribution in [0.15, 0.2) is 40.0 Å². The van der Waals surface area contributed by atoms with Gasteiger partial charge in [-0.2, -0.15) is 11.3 Å². The first kappa shape index (κ1) is 20.3. The highest BCUT2D eigenvalue weighted by molar-refractivity contribution is 7.07. The third-order valence-electron chi connectivity index (χ3n) is 4.13. The van der Waals surface area contributed by atoms with Crippen LogP contribution < -0.4 is 15.4 Å². The maximum Gasteiger partial charge on any atom is 0.191 e. The van der Waals surface area contributed by atoms with Gasteiger partial charge in [0.2, 0.25) is 0 Å². The van der Waals surface area contributed by atoms with E-state index >= 15 is 0 Å². The molecule has 0 aliphatic rings. The summed E-state index contributed by atoms with van der Waals surface area (Å²) in [7, 11) is 3.46.